The fraction of sp³-hybridized carbons (Fsp3) is 0.500. The van der Waals surface area contributed by atoms with E-state index < -0.39 is 6.10 Å². The summed E-state index contributed by atoms with van der Waals surface area (Å²) < 4.78 is 24.4. The summed E-state index contributed by atoms with van der Waals surface area (Å²) in [7, 11) is 0. The highest BCUT2D eigenvalue weighted by Crippen LogP contribution is 2.55. The number of hydrogen-bond donors (Lipinski definition) is 2. The van der Waals surface area contributed by atoms with Crippen molar-refractivity contribution in [3.05, 3.63) is 48.3 Å². The van der Waals surface area contributed by atoms with Gasteiger partial charge >= 0.3 is 0 Å². The average Bonchev–Trinajstić information content (AvgIpc) is 3.19. The summed E-state index contributed by atoms with van der Waals surface area (Å²) in [5.41, 5.74) is 2.22. The van der Waals surface area contributed by atoms with Crippen molar-refractivity contribution < 1.29 is 18.8 Å². The van der Waals surface area contributed by atoms with Gasteiger partial charge in [0.2, 0.25) is 0 Å². The molecule has 1 unspecified atom stereocenters. The number of rotatable bonds is 7. The molecule has 5 nitrogen and oxygen atoms in total. The molecule has 0 amide bonds. The van der Waals surface area contributed by atoms with Crippen LogP contribution in [0.25, 0.3) is 22.2 Å². The molecule has 4 fully saturated rings. The number of ether oxygens (including phenoxy) is 1. The average molecular weight is 437 g/mol. The van der Waals surface area contributed by atoms with Gasteiger partial charge in [0.1, 0.15) is 30.0 Å². The SMILES string of the molecule is OC(CNC12CC3CC(CC(C3)C1)C2)COc1ccc(-c2noc3cc(F)ccc23)cc1. The molecular weight excluding hydrogens is 407 g/mol. The smallest absolute Gasteiger partial charge is 0.170 e. The van der Waals surface area contributed by atoms with Crippen LogP contribution in [0.4, 0.5) is 4.39 Å². The molecule has 4 aliphatic rings. The van der Waals surface area contributed by atoms with Crippen LogP contribution < -0.4 is 10.1 Å². The maximum Gasteiger partial charge on any atom is 0.170 e. The third-order valence-corrected chi connectivity index (χ3v) is 7.76. The van der Waals surface area contributed by atoms with Crippen molar-refractivity contribution in [1.29, 1.82) is 0 Å². The number of nitrogens with zero attached hydrogens (tertiary/aromatic N) is 1. The van der Waals surface area contributed by atoms with Crippen LogP contribution in [0, 0.1) is 23.6 Å². The maximum atomic E-state index is 13.4. The molecule has 32 heavy (non-hydrogen) atoms. The van der Waals surface area contributed by atoms with Gasteiger partial charge in [-0.05, 0) is 92.7 Å². The van der Waals surface area contributed by atoms with Gasteiger partial charge in [0, 0.05) is 29.1 Å². The van der Waals surface area contributed by atoms with Crippen LogP contribution >= 0.6 is 0 Å². The first kappa shape index (κ1) is 20.2. The lowest BCUT2D eigenvalue weighted by atomic mass is 9.53. The molecule has 4 aliphatic carbocycles. The zero-order chi connectivity index (χ0) is 21.7. The molecule has 4 saturated carbocycles. The summed E-state index contributed by atoms with van der Waals surface area (Å²) in [6.45, 7) is 0.830. The van der Waals surface area contributed by atoms with Crippen molar-refractivity contribution in [2.75, 3.05) is 13.2 Å². The van der Waals surface area contributed by atoms with E-state index >= 15 is 0 Å². The summed E-state index contributed by atoms with van der Waals surface area (Å²) in [5.74, 6) is 3.02. The molecule has 168 valence electrons. The summed E-state index contributed by atoms with van der Waals surface area (Å²) >= 11 is 0. The number of β-amino-alcohol motifs (C(OH)–C–C–N with tert-alkyl or cyclic N) is 1. The molecule has 2 N–H and O–H groups in total. The Balaban J connectivity index is 1.04. The molecule has 3 aromatic rings. The minimum atomic E-state index is -0.544. The highest BCUT2D eigenvalue weighted by atomic mass is 19.1. The van der Waals surface area contributed by atoms with E-state index in [0.717, 1.165) is 28.7 Å². The molecule has 4 bridgehead atoms. The molecule has 0 aliphatic heterocycles. The Bertz CT molecular complexity index is 1070. The number of aliphatic hydroxyl groups is 1. The number of hydrogen-bond acceptors (Lipinski definition) is 5. The van der Waals surface area contributed by atoms with Crippen molar-refractivity contribution in [2.24, 2.45) is 17.8 Å². The molecule has 7 rings (SSSR count). The van der Waals surface area contributed by atoms with Crippen molar-refractivity contribution in [1.82, 2.24) is 10.5 Å². The number of halogens is 1. The largest absolute Gasteiger partial charge is 0.491 e. The molecule has 0 saturated heterocycles. The van der Waals surface area contributed by atoms with Gasteiger partial charge in [-0.2, -0.15) is 0 Å². The third-order valence-electron chi connectivity index (χ3n) is 7.76. The monoisotopic (exact) mass is 436 g/mol. The van der Waals surface area contributed by atoms with Crippen LogP contribution in [-0.4, -0.2) is 35.1 Å². The van der Waals surface area contributed by atoms with E-state index in [1.807, 2.05) is 24.3 Å². The van der Waals surface area contributed by atoms with E-state index in [9.17, 15) is 9.50 Å². The lowest BCUT2D eigenvalue weighted by Gasteiger charge is -2.57. The molecule has 2 aromatic carbocycles. The highest BCUT2D eigenvalue weighted by molar-refractivity contribution is 5.91. The van der Waals surface area contributed by atoms with Gasteiger partial charge in [-0.15, -0.1) is 0 Å². The van der Waals surface area contributed by atoms with Crippen molar-refractivity contribution in [2.45, 2.75) is 50.2 Å². The van der Waals surface area contributed by atoms with E-state index in [1.165, 1.54) is 50.7 Å². The lowest BCUT2D eigenvalue weighted by Crippen LogP contribution is -2.59. The van der Waals surface area contributed by atoms with Gasteiger partial charge in [0.25, 0.3) is 0 Å². The normalized spacial score (nSPS) is 29.5. The van der Waals surface area contributed by atoms with Gasteiger partial charge in [0.15, 0.2) is 5.58 Å². The first-order valence-corrected chi connectivity index (χ1v) is 11.8. The highest BCUT2D eigenvalue weighted by Gasteiger charge is 2.50. The lowest BCUT2D eigenvalue weighted by molar-refractivity contribution is -0.0266. The molecule has 1 aromatic heterocycles. The molecule has 0 radical (unpaired) electrons. The molecule has 0 spiro atoms. The Hall–Kier alpha value is -2.44. The Kier molecular flexibility index (Phi) is 4.95. The van der Waals surface area contributed by atoms with E-state index in [2.05, 4.69) is 10.5 Å². The molecule has 1 heterocycles. The molecule has 6 heteroatoms. The Morgan fingerprint density at radius 3 is 2.44 bits per heavy atom. The summed E-state index contributed by atoms with van der Waals surface area (Å²) in [6.07, 6.45) is 7.54. The zero-order valence-electron chi connectivity index (χ0n) is 18.1. The Labute approximate surface area is 186 Å². The topological polar surface area (TPSA) is 67.5 Å². The van der Waals surface area contributed by atoms with Crippen molar-refractivity contribution >= 4 is 11.0 Å². The fourth-order valence-corrected chi connectivity index (χ4v) is 6.74. The molecule has 1 atom stereocenters. The van der Waals surface area contributed by atoms with E-state index in [-0.39, 0.29) is 18.0 Å². The number of fused-ring (bicyclic) bond motifs is 1. The minimum absolute atomic E-state index is 0.251. The van der Waals surface area contributed by atoms with Crippen LogP contribution in [0.3, 0.4) is 0 Å². The first-order chi connectivity index (χ1) is 15.6. The fourth-order valence-electron chi connectivity index (χ4n) is 6.74. The number of aromatic nitrogens is 1. The second-order valence-corrected chi connectivity index (χ2v) is 10.2. The van der Waals surface area contributed by atoms with Crippen LogP contribution in [0.2, 0.25) is 0 Å². The Morgan fingerprint density at radius 1 is 1.06 bits per heavy atom. The maximum absolute atomic E-state index is 13.4. The molecular formula is C26H29FN2O3. The minimum Gasteiger partial charge on any atom is -0.491 e. The quantitative estimate of drug-likeness (QED) is 0.550. The number of benzene rings is 2. The van der Waals surface area contributed by atoms with E-state index in [4.69, 9.17) is 9.26 Å². The summed E-state index contributed by atoms with van der Waals surface area (Å²) in [5, 5.41) is 19.1. The number of aliphatic hydroxyl groups excluding tert-OH is 1. The van der Waals surface area contributed by atoms with Crippen LogP contribution in [-0.2, 0) is 0 Å². The Morgan fingerprint density at radius 2 is 1.75 bits per heavy atom. The van der Waals surface area contributed by atoms with E-state index in [1.54, 1.807) is 6.07 Å². The standard InChI is InChI=1S/C26H29FN2O3/c27-20-3-6-23-24(10-20)32-29-25(23)19-1-4-22(5-2-19)31-15-21(30)14-28-26-11-16-7-17(12-26)9-18(8-16)13-26/h1-6,10,16-18,21,28,30H,7-9,11-15H2. The summed E-state index contributed by atoms with van der Waals surface area (Å²) in [4.78, 5) is 0. The first-order valence-electron chi connectivity index (χ1n) is 11.8. The summed E-state index contributed by atoms with van der Waals surface area (Å²) in [6, 6.07) is 11.9. The third kappa shape index (κ3) is 3.80. The zero-order valence-corrected chi connectivity index (χ0v) is 18.1. The second-order valence-electron chi connectivity index (χ2n) is 10.2. The second kappa shape index (κ2) is 7.85. The van der Waals surface area contributed by atoms with Gasteiger partial charge in [0.05, 0.1) is 0 Å². The van der Waals surface area contributed by atoms with Crippen LogP contribution in [0.5, 0.6) is 5.75 Å². The van der Waals surface area contributed by atoms with Crippen molar-refractivity contribution in [3.8, 4) is 17.0 Å². The van der Waals surface area contributed by atoms with Gasteiger partial charge in [-0.3, -0.25) is 0 Å². The van der Waals surface area contributed by atoms with Gasteiger partial charge in [-0.1, -0.05) is 5.16 Å². The van der Waals surface area contributed by atoms with Crippen molar-refractivity contribution in [3.63, 3.8) is 0 Å². The predicted molar refractivity (Wildman–Crippen MR) is 120 cm³/mol. The van der Waals surface area contributed by atoms with Gasteiger partial charge in [-0.25, -0.2) is 4.39 Å². The predicted octanol–water partition coefficient (Wildman–Crippen LogP) is 4.93. The number of nitrogens with one attached hydrogen (secondary N) is 1. The van der Waals surface area contributed by atoms with Gasteiger partial charge < -0.3 is 19.7 Å². The van der Waals surface area contributed by atoms with Crippen LogP contribution in [0.15, 0.2) is 47.0 Å². The van der Waals surface area contributed by atoms with Crippen LogP contribution in [0.1, 0.15) is 38.5 Å². The van der Waals surface area contributed by atoms with E-state index in [0.29, 0.717) is 23.6 Å².